The van der Waals surface area contributed by atoms with Crippen molar-refractivity contribution < 1.29 is 4.92 Å². The second-order valence-corrected chi connectivity index (χ2v) is 3.14. The van der Waals surface area contributed by atoms with E-state index in [2.05, 4.69) is 0 Å². The van der Waals surface area contributed by atoms with Crippen molar-refractivity contribution in [3.8, 4) is 0 Å². The topological polar surface area (TPSA) is 69.2 Å². The molecule has 1 rings (SSSR count). The third-order valence-electron chi connectivity index (χ3n) is 2.34. The number of anilines is 1. The van der Waals surface area contributed by atoms with Gasteiger partial charge in [0.25, 0.3) is 5.69 Å². The van der Waals surface area contributed by atoms with Crippen LogP contribution in [0.4, 0.5) is 11.4 Å². The Bertz CT molecular complexity index is 372. The third kappa shape index (κ3) is 1.47. The molecule has 0 radical (unpaired) electrons. The number of nitro benzene ring substituents is 1. The van der Waals surface area contributed by atoms with Crippen LogP contribution in [0.15, 0.2) is 6.07 Å². The zero-order chi connectivity index (χ0) is 10.2. The highest BCUT2D eigenvalue weighted by atomic mass is 16.6. The van der Waals surface area contributed by atoms with Crippen LogP contribution in [0.25, 0.3) is 0 Å². The molecule has 0 spiro atoms. The lowest BCUT2D eigenvalue weighted by Crippen LogP contribution is -2.01. The number of aryl methyl sites for hydroxylation is 1. The SMILES string of the molecule is Cc1cc(N)c([N+](=O)[O-])c(C)c1C. The largest absolute Gasteiger partial charge is 0.393 e. The maximum absolute atomic E-state index is 10.6. The minimum Gasteiger partial charge on any atom is -0.393 e. The van der Waals surface area contributed by atoms with Crippen molar-refractivity contribution in [2.75, 3.05) is 5.73 Å². The van der Waals surface area contributed by atoms with Crippen LogP contribution < -0.4 is 5.73 Å². The first-order chi connectivity index (χ1) is 5.95. The fourth-order valence-corrected chi connectivity index (χ4v) is 1.34. The summed E-state index contributed by atoms with van der Waals surface area (Å²) in [5, 5.41) is 10.6. The summed E-state index contributed by atoms with van der Waals surface area (Å²) >= 11 is 0. The molecular formula is C9H12N2O2. The van der Waals surface area contributed by atoms with Crippen LogP contribution in [-0.2, 0) is 0 Å². The van der Waals surface area contributed by atoms with Crippen molar-refractivity contribution in [1.82, 2.24) is 0 Å². The van der Waals surface area contributed by atoms with Gasteiger partial charge in [0, 0.05) is 5.56 Å². The second kappa shape index (κ2) is 3.05. The number of nitrogens with zero attached hydrogens (tertiary/aromatic N) is 1. The summed E-state index contributed by atoms with van der Waals surface area (Å²) in [6.07, 6.45) is 0. The van der Waals surface area contributed by atoms with Crippen LogP contribution in [0.1, 0.15) is 16.7 Å². The van der Waals surface area contributed by atoms with Gasteiger partial charge in [-0.2, -0.15) is 0 Å². The Balaban J connectivity index is 3.53. The highest BCUT2D eigenvalue weighted by molar-refractivity contribution is 5.66. The highest BCUT2D eigenvalue weighted by Crippen LogP contribution is 2.30. The molecule has 4 heteroatoms. The molecule has 0 saturated carbocycles. The van der Waals surface area contributed by atoms with Gasteiger partial charge >= 0.3 is 0 Å². The number of hydrogen-bond acceptors (Lipinski definition) is 3. The molecule has 0 aromatic heterocycles. The minimum atomic E-state index is -0.433. The Morgan fingerprint density at radius 1 is 1.31 bits per heavy atom. The Morgan fingerprint density at radius 2 is 1.85 bits per heavy atom. The molecule has 13 heavy (non-hydrogen) atoms. The van der Waals surface area contributed by atoms with Gasteiger partial charge in [0.1, 0.15) is 5.69 Å². The van der Waals surface area contributed by atoms with Crippen molar-refractivity contribution in [3.63, 3.8) is 0 Å². The van der Waals surface area contributed by atoms with E-state index in [0.717, 1.165) is 11.1 Å². The lowest BCUT2D eigenvalue weighted by Gasteiger charge is -2.07. The molecule has 0 aliphatic heterocycles. The van der Waals surface area contributed by atoms with Crippen molar-refractivity contribution in [3.05, 3.63) is 32.9 Å². The van der Waals surface area contributed by atoms with Crippen LogP contribution in [0.3, 0.4) is 0 Å². The predicted molar refractivity (Wildman–Crippen MR) is 51.7 cm³/mol. The van der Waals surface area contributed by atoms with Crippen molar-refractivity contribution in [2.45, 2.75) is 20.8 Å². The predicted octanol–water partition coefficient (Wildman–Crippen LogP) is 2.10. The van der Waals surface area contributed by atoms with E-state index in [1.807, 2.05) is 13.8 Å². The number of nitrogens with two attached hydrogens (primary N) is 1. The molecule has 0 amide bonds. The maximum Gasteiger partial charge on any atom is 0.295 e. The van der Waals surface area contributed by atoms with Crippen LogP contribution >= 0.6 is 0 Å². The van der Waals surface area contributed by atoms with Crippen molar-refractivity contribution in [1.29, 1.82) is 0 Å². The van der Waals surface area contributed by atoms with E-state index in [9.17, 15) is 10.1 Å². The van der Waals surface area contributed by atoms with E-state index in [0.29, 0.717) is 5.56 Å². The first-order valence-corrected chi connectivity index (χ1v) is 3.95. The van der Waals surface area contributed by atoms with Crippen LogP contribution in [-0.4, -0.2) is 4.92 Å². The molecule has 4 nitrogen and oxygen atoms in total. The van der Waals surface area contributed by atoms with E-state index >= 15 is 0 Å². The zero-order valence-corrected chi connectivity index (χ0v) is 7.92. The second-order valence-electron chi connectivity index (χ2n) is 3.14. The van der Waals surface area contributed by atoms with Crippen LogP contribution in [0.5, 0.6) is 0 Å². The molecule has 0 aliphatic rings. The first kappa shape index (κ1) is 9.51. The van der Waals surface area contributed by atoms with Gasteiger partial charge in [0.05, 0.1) is 4.92 Å². The van der Waals surface area contributed by atoms with Gasteiger partial charge in [-0.3, -0.25) is 10.1 Å². The van der Waals surface area contributed by atoms with Gasteiger partial charge in [0.15, 0.2) is 0 Å². The summed E-state index contributed by atoms with van der Waals surface area (Å²) in [7, 11) is 0. The third-order valence-corrected chi connectivity index (χ3v) is 2.34. The number of benzene rings is 1. The highest BCUT2D eigenvalue weighted by Gasteiger charge is 2.17. The summed E-state index contributed by atoms with van der Waals surface area (Å²) in [6.45, 7) is 5.47. The van der Waals surface area contributed by atoms with Crippen molar-refractivity contribution in [2.24, 2.45) is 0 Å². The summed E-state index contributed by atoms with van der Waals surface area (Å²) in [4.78, 5) is 10.2. The molecule has 0 unspecified atom stereocenters. The molecule has 0 atom stereocenters. The fourth-order valence-electron chi connectivity index (χ4n) is 1.34. The first-order valence-electron chi connectivity index (χ1n) is 3.95. The molecule has 0 aliphatic carbocycles. The van der Waals surface area contributed by atoms with Gasteiger partial charge in [-0.05, 0) is 38.0 Å². The molecule has 70 valence electrons. The average Bonchev–Trinajstić information content (AvgIpc) is 1.99. The Labute approximate surface area is 76.5 Å². The Kier molecular flexibility index (Phi) is 2.23. The zero-order valence-electron chi connectivity index (χ0n) is 7.92. The number of hydrogen-bond donors (Lipinski definition) is 1. The maximum atomic E-state index is 10.6. The summed E-state index contributed by atoms with van der Waals surface area (Å²) in [5.74, 6) is 0. The van der Waals surface area contributed by atoms with E-state index in [-0.39, 0.29) is 11.4 Å². The smallest absolute Gasteiger partial charge is 0.295 e. The monoisotopic (exact) mass is 180 g/mol. The van der Waals surface area contributed by atoms with Gasteiger partial charge in [0.2, 0.25) is 0 Å². The molecule has 0 heterocycles. The average molecular weight is 180 g/mol. The number of nitro groups is 1. The van der Waals surface area contributed by atoms with E-state index in [4.69, 9.17) is 5.73 Å². The van der Waals surface area contributed by atoms with Crippen molar-refractivity contribution >= 4 is 11.4 Å². The Morgan fingerprint density at radius 3 is 2.31 bits per heavy atom. The van der Waals surface area contributed by atoms with Gasteiger partial charge in [-0.15, -0.1) is 0 Å². The van der Waals surface area contributed by atoms with Gasteiger partial charge in [-0.1, -0.05) is 0 Å². The number of rotatable bonds is 1. The van der Waals surface area contributed by atoms with E-state index in [1.165, 1.54) is 0 Å². The fraction of sp³-hybridized carbons (Fsp3) is 0.333. The summed E-state index contributed by atoms with van der Waals surface area (Å²) in [5.41, 5.74) is 8.40. The lowest BCUT2D eigenvalue weighted by atomic mass is 10.0. The summed E-state index contributed by atoms with van der Waals surface area (Å²) < 4.78 is 0. The molecule has 1 aromatic rings. The molecule has 0 bridgehead atoms. The summed E-state index contributed by atoms with van der Waals surface area (Å²) in [6, 6.07) is 1.64. The quantitative estimate of drug-likeness (QED) is 0.408. The van der Waals surface area contributed by atoms with Gasteiger partial charge < -0.3 is 5.73 Å². The number of nitrogen functional groups attached to an aromatic ring is 1. The Hall–Kier alpha value is -1.58. The van der Waals surface area contributed by atoms with E-state index in [1.54, 1.807) is 13.0 Å². The molecule has 0 saturated heterocycles. The van der Waals surface area contributed by atoms with E-state index < -0.39 is 4.92 Å². The standard InChI is InChI=1S/C9H12N2O2/c1-5-4-8(10)9(11(12)13)7(3)6(5)2/h4H,10H2,1-3H3. The normalized spacial score (nSPS) is 10.1. The minimum absolute atomic E-state index is 0.0306. The van der Waals surface area contributed by atoms with Crippen LogP contribution in [0.2, 0.25) is 0 Å². The lowest BCUT2D eigenvalue weighted by molar-refractivity contribution is -0.384. The molecule has 2 N–H and O–H groups in total. The van der Waals surface area contributed by atoms with Crippen LogP contribution in [0, 0.1) is 30.9 Å². The molecule has 0 fully saturated rings. The molecular weight excluding hydrogens is 168 g/mol. The van der Waals surface area contributed by atoms with Gasteiger partial charge in [-0.25, -0.2) is 0 Å². The molecule has 1 aromatic carbocycles.